The highest BCUT2D eigenvalue weighted by Gasteiger charge is 2.59. The Labute approximate surface area is 313 Å². The summed E-state index contributed by atoms with van der Waals surface area (Å²) in [5, 5.41) is 12.4. The second-order valence-electron chi connectivity index (χ2n) is 14.2. The molecule has 1 saturated carbocycles. The molecular formula is C35H34ClF8N9O2. The van der Waals surface area contributed by atoms with E-state index in [4.69, 9.17) is 17.3 Å². The number of carbonyl (C=O) groups is 2. The molecule has 0 bridgehead atoms. The topological polar surface area (TPSA) is 137 Å². The van der Waals surface area contributed by atoms with Gasteiger partial charge in [-0.05, 0) is 55.9 Å². The fourth-order valence-corrected chi connectivity index (χ4v) is 6.66. The number of Topliss-reactive ketones (excluding diaryl/α,β-unsaturated/α-hetero) is 1. The number of benzene rings is 2. The van der Waals surface area contributed by atoms with Crippen molar-refractivity contribution in [3.8, 4) is 16.9 Å². The molecule has 0 saturated heterocycles. The molecule has 3 heterocycles. The van der Waals surface area contributed by atoms with Crippen molar-refractivity contribution in [2.45, 2.75) is 89.3 Å². The first-order valence-corrected chi connectivity index (χ1v) is 17.4. The summed E-state index contributed by atoms with van der Waals surface area (Å²) < 4.78 is 113. The number of rotatable bonds is 13. The SMILES string of the molecule is C[C@H](C(=O)CC[C@H](c1ccc(Cl)c(-n2ncnc2C(F)F)c1)N1C(=O)[C@@](CC(C)(C)C(F)(F)F)(c2ccc(-c3cnn(C4CC4)n3)cc2)N=C1N)C(F)(F)F. The van der Waals surface area contributed by atoms with Gasteiger partial charge in [-0.15, -0.1) is 0 Å². The fraction of sp³-hybridized carbons (Fsp3) is 0.457. The van der Waals surface area contributed by atoms with Gasteiger partial charge in [-0.3, -0.25) is 14.5 Å². The first-order valence-electron chi connectivity index (χ1n) is 17.0. The average Bonchev–Trinajstić information content (AvgIpc) is 3.52. The zero-order valence-corrected chi connectivity index (χ0v) is 30.2. The third-order valence-electron chi connectivity index (χ3n) is 9.93. The predicted molar refractivity (Wildman–Crippen MR) is 182 cm³/mol. The molecule has 2 N–H and O–H groups in total. The Morgan fingerprint density at radius 2 is 1.71 bits per heavy atom. The molecule has 294 valence electrons. The molecule has 2 aromatic heterocycles. The Morgan fingerprint density at radius 1 is 1.04 bits per heavy atom. The van der Waals surface area contributed by atoms with Gasteiger partial charge in [0.15, 0.2) is 17.3 Å². The van der Waals surface area contributed by atoms with Crippen molar-refractivity contribution < 1.29 is 44.7 Å². The third-order valence-corrected chi connectivity index (χ3v) is 10.3. The molecule has 0 radical (unpaired) electrons. The standard InChI is InChI=1S/C35H34ClF8N9O2/c1-18(34(39,40)41)27(54)13-12-25(20-6-11-23(36)26(14-20)52-29(28(37)38)46-17-48-52)51-30(55)33(49-31(51)45,16-32(2,3)35(42,43)44)21-7-4-19(5-8-21)24-15-47-53(50-24)22-9-10-22/h4-8,11,14-15,17-18,22,25,28H,9-10,12-13,16H2,1-3H3,(H2,45,49)/t18-,25-,33-/m1/s1. The van der Waals surface area contributed by atoms with Crippen molar-refractivity contribution in [2.24, 2.45) is 22.1 Å². The molecule has 1 fully saturated rings. The van der Waals surface area contributed by atoms with Crippen LogP contribution in [0.3, 0.4) is 0 Å². The minimum absolute atomic E-state index is 0.0140. The van der Waals surface area contributed by atoms with Crippen LogP contribution < -0.4 is 5.73 Å². The van der Waals surface area contributed by atoms with E-state index in [2.05, 4.69) is 25.3 Å². The number of aliphatic imine (C=N–C) groups is 1. The maximum absolute atomic E-state index is 14.9. The van der Waals surface area contributed by atoms with Crippen LogP contribution in [0.4, 0.5) is 35.1 Å². The van der Waals surface area contributed by atoms with Gasteiger partial charge in [0.05, 0.1) is 34.4 Å². The van der Waals surface area contributed by atoms with E-state index in [0.29, 0.717) is 22.9 Å². The number of hydrogen-bond donors (Lipinski definition) is 1. The van der Waals surface area contributed by atoms with Crippen molar-refractivity contribution in [1.82, 2.24) is 34.7 Å². The zero-order chi connectivity index (χ0) is 40.2. The van der Waals surface area contributed by atoms with Crippen molar-refractivity contribution in [1.29, 1.82) is 0 Å². The molecule has 1 aliphatic heterocycles. The van der Waals surface area contributed by atoms with Crippen LogP contribution in [-0.4, -0.2) is 64.7 Å². The van der Waals surface area contributed by atoms with Gasteiger partial charge in [0.2, 0.25) is 0 Å². The minimum atomic E-state index is -4.89. The molecule has 0 unspecified atom stereocenters. The second-order valence-corrected chi connectivity index (χ2v) is 14.7. The summed E-state index contributed by atoms with van der Waals surface area (Å²) in [6.45, 7) is 2.45. The number of nitrogens with zero attached hydrogens (tertiary/aromatic N) is 8. The molecule has 3 atom stereocenters. The van der Waals surface area contributed by atoms with Crippen molar-refractivity contribution in [3.63, 3.8) is 0 Å². The van der Waals surface area contributed by atoms with E-state index in [1.807, 2.05) is 0 Å². The van der Waals surface area contributed by atoms with Crippen LogP contribution in [0.15, 0.2) is 60.0 Å². The van der Waals surface area contributed by atoms with E-state index in [0.717, 1.165) is 37.9 Å². The lowest BCUT2D eigenvalue weighted by Gasteiger charge is -2.37. The van der Waals surface area contributed by atoms with Crippen LogP contribution in [0.2, 0.25) is 5.02 Å². The minimum Gasteiger partial charge on any atom is -0.369 e. The molecule has 11 nitrogen and oxygen atoms in total. The smallest absolute Gasteiger partial charge is 0.369 e. The molecule has 20 heteroatoms. The van der Waals surface area contributed by atoms with E-state index in [9.17, 15) is 44.7 Å². The lowest BCUT2D eigenvalue weighted by Crippen LogP contribution is -2.48. The van der Waals surface area contributed by atoms with E-state index in [1.54, 1.807) is 16.9 Å². The number of hydrogen-bond acceptors (Lipinski definition) is 8. The van der Waals surface area contributed by atoms with Gasteiger partial charge in [0, 0.05) is 12.0 Å². The van der Waals surface area contributed by atoms with Crippen LogP contribution in [0, 0.1) is 11.3 Å². The molecule has 4 aromatic rings. The van der Waals surface area contributed by atoms with Crippen LogP contribution in [0.1, 0.15) is 88.3 Å². The van der Waals surface area contributed by atoms with E-state index in [1.165, 1.54) is 36.5 Å². The molecule has 1 amide bonds. The van der Waals surface area contributed by atoms with Gasteiger partial charge in [-0.2, -0.15) is 46.4 Å². The number of guanidine groups is 1. The Balaban J connectivity index is 1.45. The summed E-state index contributed by atoms with van der Waals surface area (Å²) in [5.74, 6) is -6.11. The Bertz CT molecular complexity index is 2110. The van der Waals surface area contributed by atoms with Crippen molar-refractivity contribution >= 4 is 29.3 Å². The number of aromatic nitrogens is 6. The van der Waals surface area contributed by atoms with Crippen LogP contribution >= 0.6 is 11.6 Å². The highest BCUT2D eigenvalue weighted by Crippen LogP contribution is 2.51. The third kappa shape index (κ3) is 7.66. The van der Waals surface area contributed by atoms with E-state index in [-0.39, 0.29) is 27.9 Å². The summed E-state index contributed by atoms with van der Waals surface area (Å²) in [5.41, 5.74) is 2.42. The normalized spacial score (nSPS) is 19.3. The molecule has 2 aromatic carbocycles. The van der Waals surface area contributed by atoms with Gasteiger partial charge in [0.1, 0.15) is 23.7 Å². The molecule has 2 aliphatic rings. The van der Waals surface area contributed by atoms with Gasteiger partial charge in [0.25, 0.3) is 12.3 Å². The van der Waals surface area contributed by atoms with Gasteiger partial charge in [-0.25, -0.2) is 23.4 Å². The zero-order valence-electron chi connectivity index (χ0n) is 29.4. The number of nitrogens with two attached hydrogens (primary N) is 1. The largest absolute Gasteiger partial charge is 0.398 e. The highest BCUT2D eigenvalue weighted by atomic mass is 35.5. The quantitative estimate of drug-likeness (QED) is 0.135. The Kier molecular flexibility index (Phi) is 10.3. The van der Waals surface area contributed by atoms with Gasteiger partial charge >= 0.3 is 12.4 Å². The number of ketones is 1. The van der Waals surface area contributed by atoms with Crippen molar-refractivity contribution in [3.05, 3.63) is 77.0 Å². The highest BCUT2D eigenvalue weighted by molar-refractivity contribution is 6.32. The molecule has 1 aliphatic carbocycles. The first-order chi connectivity index (χ1) is 25.6. The summed E-state index contributed by atoms with van der Waals surface area (Å²) in [6, 6.07) is 8.39. The number of halogens is 9. The molecular weight excluding hydrogens is 766 g/mol. The summed E-state index contributed by atoms with van der Waals surface area (Å²) in [6.07, 6.45) is -10.9. The number of amides is 1. The maximum Gasteiger partial charge on any atom is 0.398 e. The fourth-order valence-electron chi connectivity index (χ4n) is 6.46. The maximum atomic E-state index is 14.9. The average molecular weight is 800 g/mol. The van der Waals surface area contributed by atoms with Crippen molar-refractivity contribution in [2.75, 3.05) is 0 Å². The summed E-state index contributed by atoms with van der Waals surface area (Å²) in [7, 11) is 0. The second kappa shape index (κ2) is 14.3. The Morgan fingerprint density at radius 3 is 2.31 bits per heavy atom. The molecule has 0 spiro atoms. The predicted octanol–water partition coefficient (Wildman–Crippen LogP) is 8.07. The van der Waals surface area contributed by atoms with Crippen LogP contribution in [0.5, 0.6) is 0 Å². The van der Waals surface area contributed by atoms with Crippen LogP contribution in [0.25, 0.3) is 16.9 Å². The van der Waals surface area contributed by atoms with Gasteiger partial charge < -0.3 is 5.73 Å². The molecule has 55 heavy (non-hydrogen) atoms. The Hall–Kier alpha value is -4.94. The van der Waals surface area contributed by atoms with Gasteiger partial charge in [-0.1, -0.05) is 55.8 Å². The lowest BCUT2D eigenvalue weighted by molar-refractivity contribution is -0.218. The first kappa shape index (κ1) is 39.7. The summed E-state index contributed by atoms with van der Waals surface area (Å²) in [4.78, 5) is 38.0. The number of carbonyl (C=O) groups excluding carboxylic acids is 2. The lowest BCUT2D eigenvalue weighted by atomic mass is 9.74. The monoisotopic (exact) mass is 799 g/mol. The summed E-state index contributed by atoms with van der Waals surface area (Å²) >= 11 is 6.36. The number of alkyl halides is 8. The van der Waals surface area contributed by atoms with Crippen LogP contribution in [-0.2, 0) is 15.1 Å². The van der Waals surface area contributed by atoms with E-state index < -0.39 is 84.4 Å². The van der Waals surface area contributed by atoms with E-state index >= 15 is 0 Å². The molecule has 6 rings (SSSR count).